The molecule has 0 aliphatic rings. The Morgan fingerprint density at radius 3 is 2.21 bits per heavy atom. The molecule has 154 valence electrons. The molecule has 0 saturated carbocycles. The van der Waals surface area contributed by atoms with Crippen LogP contribution in [0.3, 0.4) is 0 Å². The number of hydrazine groups is 1. The van der Waals surface area contributed by atoms with Crippen LogP contribution in [0.15, 0.2) is 42.5 Å². The fourth-order valence-corrected chi connectivity index (χ4v) is 2.27. The van der Waals surface area contributed by atoms with E-state index in [0.29, 0.717) is 11.5 Å². The highest BCUT2D eigenvalue weighted by atomic mass is 19.1. The third kappa shape index (κ3) is 6.49. The summed E-state index contributed by atoms with van der Waals surface area (Å²) in [7, 11) is 1.45. The molecule has 0 bridgehead atoms. The minimum atomic E-state index is -0.638. The van der Waals surface area contributed by atoms with Crippen LogP contribution in [0.25, 0.3) is 0 Å². The van der Waals surface area contributed by atoms with Gasteiger partial charge in [0.05, 0.1) is 19.8 Å². The van der Waals surface area contributed by atoms with E-state index < -0.39 is 23.5 Å². The van der Waals surface area contributed by atoms with Gasteiger partial charge in [0, 0.05) is 11.1 Å². The molecule has 9 heteroatoms. The molecule has 2 aromatic rings. The molecule has 0 aliphatic heterocycles. The van der Waals surface area contributed by atoms with Gasteiger partial charge in [-0.15, -0.1) is 0 Å². The summed E-state index contributed by atoms with van der Waals surface area (Å²) in [4.78, 5) is 35.9. The number of amides is 3. The largest absolute Gasteiger partial charge is 0.493 e. The molecule has 29 heavy (non-hydrogen) atoms. The molecule has 0 aromatic heterocycles. The summed E-state index contributed by atoms with van der Waals surface area (Å²) < 4.78 is 23.6. The van der Waals surface area contributed by atoms with Crippen LogP contribution in [-0.4, -0.2) is 37.5 Å². The monoisotopic (exact) mass is 403 g/mol. The molecule has 0 radical (unpaired) electrons. The smallest absolute Gasteiger partial charge is 0.269 e. The predicted molar refractivity (Wildman–Crippen MR) is 103 cm³/mol. The number of carbonyl (C=O) groups is 3. The van der Waals surface area contributed by atoms with Crippen LogP contribution in [0.2, 0.25) is 0 Å². The summed E-state index contributed by atoms with van der Waals surface area (Å²) in [6, 6.07) is 9.47. The van der Waals surface area contributed by atoms with E-state index in [-0.39, 0.29) is 23.8 Å². The first-order valence-corrected chi connectivity index (χ1v) is 8.77. The van der Waals surface area contributed by atoms with Crippen molar-refractivity contribution < 1.29 is 28.2 Å². The molecular weight excluding hydrogens is 381 g/mol. The molecule has 0 saturated heterocycles. The van der Waals surface area contributed by atoms with Crippen LogP contribution >= 0.6 is 0 Å². The fourth-order valence-electron chi connectivity index (χ4n) is 2.27. The van der Waals surface area contributed by atoms with Crippen LogP contribution in [0.1, 0.15) is 34.6 Å². The lowest BCUT2D eigenvalue weighted by molar-refractivity contribution is -0.120. The van der Waals surface area contributed by atoms with Gasteiger partial charge in [-0.05, 0) is 56.3 Å². The Labute approximate surface area is 167 Å². The first-order chi connectivity index (χ1) is 13.8. The van der Waals surface area contributed by atoms with Crippen molar-refractivity contribution in [2.45, 2.75) is 20.0 Å². The van der Waals surface area contributed by atoms with Crippen LogP contribution in [0.4, 0.5) is 4.39 Å². The van der Waals surface area contributed by atoms with Crippen LogP contribution in [-0.2, 0) is 4.79 Å². The number of nitrogens with one attached hydrogen (secondary N) is 3. The number of methoxy groups -OCH3 is 1. The second-order valence-corrected chi connectivity index (χ2v) is 6.22. The average molecular weight is 403 g/mol. The van der Waals surface area contributed by atoms with E-state index in [2.05, 4.69) is 16.2 Å². The summed E-state index contributed by atoms with van der Waals surface area (Å²) in [5.41, 5.74) is 4.89. The third-order valence-electron chi connectivity index (χ3n) is 3.62. The Balaban J connectivity index is 1.85. The molecule has 0 atom stereocenters. The summed E-state index contributed by atoms with van der Waals surface area (Å²) in [5, 5.41) is 2.36. The maximum absolute atomic E-state index is 12.9. The first kappa shape index (κ1) is 21.7. The van der Waals surface area contributed by atoms with Crippen LogP contribution < -0.4 is 25.6 Å². The molecule has 3 amide bonds. The zero-order valence-electron chi connectivity index (χ0n) is 16.2. The van der Waals surface area contributed by atoms with Crippen LogP contribution in [0.5, 0.6) is 11.5 Å². The third-order valence-corrected chi connectivity index (χ3v) is 3.62. The normalized spacial score (nSPS) is 10.2. The second kappa shape index (κ2) is 10.1. The van der Waals surface area contributed by atoms with Gasteiger partial charge in [-0.2, -0.15) is 0 Å². The molecule has 0 spiro atoms. The average Bonchev–Trinajstić information content (AvgIpc) is 2.70. The lowest BCUT2D eigenvalue weighted by Gasteiger charge is -2.14. The highest BCUT2D eigenvalue weighted by Crippen LogP contribution is 2.28. The summed E-state index contributed by atoms with van der Waals surface area (Å²) in [6.45, 7) is 3.36. The van der Waals surface area contributed by atoms with Gasteiger partial charge in [0.1, 0.15) is 5.82 Å². The highest BCUT2D eigenvalue weighted by molar-refractivity contribution is 5.98. The second-order valence-electron chi connectivity index (χ2n) is 6.22. The fraction of sp³-hybridized carbons (Fsp3) is 0.250. The predicted octanol–water partition coefficient (Wildman–Crippen LogP) is 1.81. The quantitative estimate of drug-likeness (QED) is 0.612. The number of ether oxygens (including phenoxy) is 2. The minimum Gasteiger partial charge on any atom is -0.493 e. The Morgan fingerprint density at radius 2 is 1.59 bits per heavy atom. The van der Waals surface area contributed by atoms with Crippen molar-refractivity contribution in [3.63, 3.8) is 0 Å². The maximum Gasteiger partial charge on any atom is 0.269 e. The first-order valence-electron chi connectivity index (χ1n) is 8.77. The molecule has 8 nitrogen and oxygen atoms in total. The molecule has 0 fully saturated rings. The number of benzene rings is 2. The number of hydrogen-bond donors (Lipinski definition) is 3. The zero-order valence-corrected chi connectivity index (χ0v) is 16.2. The van der Waals surface area contributed by atoms with E-state index in [4.69, 9.17) is 9.47 Å². The van der Waals surface area contributed by atoms with Gasteiger partial charge in [0.15, 0.2) is 11.5 Å². The molecule has 3 N–H and O–H groups in total. The van der Waals surface area contributed by atoms with Gasteiger partial charge in [0.2, 0.25) is 0 Å². The number of rotatable bonds is 7. The van der Waals surface area contributed by atoms with Gasteiger partial charge in [-0.25, -0.2) is 4.39 Å². The van der Waals surface area contributed by atoms with Gasteiger partial charge >= 0.3 is 0 Å². The Morgan fingerprint density at radius 1 is 0.931 bits per heavy atom. The lowest BCUT2D eigenvalue weighted by Crippen LogP contribution is -2.46. The summed E-state index contributed by atoms with van der Waals surface area (Å²) >= 11 is 0. The molecular formula is C20H22FN3O5. The number of halogens is 1. The van der Waals surface area contributed by atoms with Crippen molar-refractivity contribution in [2.75, 3.05) is 13.7 Å². The van der Waals surface area contributed by atoms with Crippen molar-refractivity contribution >= 4 is 17.7 Å². The van der Waals surface area contributed by atoms with Crippen molar-refractivity contribution in [3.8, 4) is 11.5 Å². The number of carbonyl (C=O) groups excluding carboxylic acids is 3. The summed E-state index contributed by atoms with van der Waals surface area (Å²) in [5.74, 6) is -1.35. The number of hydrogen-bond acceptors (Lipinski definition) is 5. The van der Waals surface area contributed by atoms with Crippen molar-refractivity contribution in [3.05, 3.63) is 59.4 Å². The van der Waals surface area contributed by atoms with E-state index >= 15 is 0 Å². The van der Waals surface area contributed by atoms with Crippen LogP contribution in [0, 0.1) is 5.82 Å². The van der Waals surface area contributed by atoms with E-state index in [1.54, 1.807) is 6.07 Å². The molecule has 2 rings (SSSR count). The van der Waals surface area contributed by atoms with E-state index in [9.17, 15) is 18.8 Å². The van der Waals surface area contributed by atoms with Gasteiger partial charge in [-0.1, -0.05) is 0 Å². The molecule has 0 unspecified atom stereocenters. The topological polar surface area (TPSA) is 106 Å². The highest BCUT2D eigenvalue weighted by Gasteiger charge is 2.13. The van der Waals surface area contributed by atoms with Crippen molar-refractivity contribution in [2.24, 2.45) is 0 Å². The Kier molecular flexibility index (Phi) is 7.53. The minimum absolute atomic E-state index is 0.0621. The Bertz CT molecular complexity index is 884. The molecule has 0 heterocycles. The summed E-state index contributed by atoms with van der Waals surface area (Å²) in [6.07, 6.45) is -0.0621. The van der Waals surface area contributed by atoms with E-state index in [1.807, 2.05) is 13.8 Å². The molecule has 0 aliphatic carbocycles. The maximum atomic E-state index is 12.9. The lowest BCUT2D eigenvalue weighted by atomic mass is 10.2. The molecule has 2 aromatic carbocycles. The van der Waals surface area contributed by atoms with Crippen molar-refractivity contribution in [1.29, 1.82) is 0 Å². The SMILES string of the molecule is COc1cc(C(=O)NNC(=O)CNC(=O)c2ccc(F)cc2)ccc1OC(C)C. The standard InChI is InChI=1S/C20H22FN3O5/c1-12(2)29-16-9-6-14(10-17(16)28-3)20(27)24-23-18(25)11-22-19(26)13-4-7-15(21)8-5-13/h4-10,12H,11H2,1-3H3,(H,22,26)(H,23,25)(H,24,27). The van der Waals surface area contributed by atoms with E-state index in [1.165, 1.54) is 31.4 Å². The van der Waals surface area contributed by atoms with E-state index in [0.717, 1.165) is 12.1 Å². The zero-order chi connectivity index (χ0) is 21.4. The Hall–Kier alpha value is -3.62. The van der Waals surface area contributed by atoms with Gasteiger partial charge in [-0.3, -0.25) is 25.2 Å². The van der Waals surface area contributed by atoms with Crippen molar-refractivity contribution in [1.82, 2.24) is 16.2 Å². The van der Waals surface area contributed by atoms with Gasteiger partial charge in [0.25, 0.3) is 17.7 Å². The van der Waals surface area contributed by atoms with Gasteiger partial charge < -0.3 is 14.8 Å².